The van der Waals surface area contributed by atoms with Crippen LogP contribution in [0.25, 0.3) is 0 Å². The Morgan fingerprint density at radius 1 is 1.40 bits per heavy atom. The molecule has 0 N–H and O–H groups in total. The molecular weight excluding hydrogens is 72.3 g/mol. The molecule has 0 unspecified atom stereocenters. The molecule has 0 rings (SSSR count). The Morgan fingerprint density at radius 3 is 1.40 bits per heavy atom. The largest absolute Gasteiger partial charge is 0.316 e. The van der Waals surface area contributed by atoms with Crippen LogP contribution < -0.4 is 0 Å². The summed E-state index contributed by atoms with van der Waals surface area (Å²) in [5.41, 5.74) is 0. The number of rotatable bonds is 0. The van der Waals surface area contributed by atoms with Crippen LogP contribution in [0, 0.1) is 12.8 Å². The molecule has 1 heteroatoms. The van der Waals surface area contributed by atoms with Gasteiger partial charge in [-0.15, -0.1) is 0 Å². The summed E-state index contributed by atoms with van der Waals surface area (Å²) in [6.45, 7) is 7.75. The monoisotopic (exact) mass is 83.1 g/mol. The van der Waals surface area contributed by atoms with Crippen molar-refractivity contribution in [3.05, 3.63) is 6.92 Å². The molecule has 0 fully saturated rings. The summed E-state index contributed by atoms with van der Waals surface area (Å²) in [5.74, 6) is 0.583. The minimum Gasteiger partial charge on any atom is -0.0628 e. The van der Waals surface area contributed by atoms with Gasteiger partial charge in [-0.1, -0.05) is 20.8 Å². The van der Waals surface area contributed by atoms with Gasteiger partial charge < -0.3 is 0 Å². The Morgan fingerprint density at radius 2 is 1.40 bits per heavy atom. The normalized spacial score (nSPS) is 7.20. The van der Waals surface area contributed by atoms with Gasteiger partial charge >= 0.3 is 23.1 Å². The van der Waals surface area contributed by atoms with Crippen molar-refractivity contribution < 1.29 is 0 Å². The van der Waals surface area contributed by atoms with Crippen LogP contribution in [0.4, 0.5) is 0 Å². The average molecular weight is 83.4 g/mol. The Hall–Kier alpha value is 0.766. The maximum absolute atomic E-state index is 3.64. The smallest absolute Gasteiger partial charge is 0.0628 e. The summed E-state index contributed by atoms with van der Waals surface area (Å²) in [6, 6.07) is 0. The third-order valence-corrected chi connectivity index (χ3v) is 0. The maximum Gasteiger partial charge on any atom is 0.316 e. The van der Waals surface area contributed by atoms with Crippen molar-refractivity contribution in [2.24, 2.45) is 5.92 Å². The molecule has 0 atom stereocenters. The summed E-state index contributed by atoms with van der Waals surface area (Å²) in [4.78, 5) is 0. The molecule has 0 saturated heterocycles. The van der Waals surface area contributed by atoms with Crippen molar-refractivity contribution >= 4 is 23.1 Å². The van der Waals surface area contributed by atoms with E-state index in [0.29, 0.717) is 5.92 Å². The molecule has 0 aliphatic heterocycles. The average Bonchev–Trinajstić information content (AvgIpc) is 0.811. The zero-order valence-corrected chi connectivity index (χ0v) is 3.28. The lowest BCUT2D eigenvalue weighted by molar-refractivity contribution is 0.827. The minimum absolute atomic E-state index is 0. The van der Waals surface area contributed by atoms with Crippen molar-refractivity contribution in [3.63, 3.8) is 0 Å². The maximum atomic E-state index is 3.64. The fourth-order valence-electron chi connectivity index (χ4n) is 0. The van der Waals surface area contributed by atoms with E-state index in [2.05, 4.69) is 20.8 Å². The second-order valence-corrected chi connectivity index (χ2v) is 1.39. The van der Waals surface area contributed by atoms with Gasteiger partial charge in [0.05, 0.1) is 0 Å². The zero-order valence-electron chi connectivity index (χ0n) is 3.28. The summed E-state index contributed by atoms with van der Waals surface area (Å²) < 4.78 is 0. The van der Waals surface area contributed by atoms with Gasteiger partial charge in [-0.05, 0) is 5.92 Å². The van der Waals surface area contributed by atoms with E-state index >= 15 is 0 Å². The van der Waals surface area contributed by atoms with Crippen molar-refractivity contribution in [1.82, 2.24) is 0 Å². The molecule has 5 heavy (non-hydrogen) atoms. The van der Waals surface area contributed by atoms with E-state index in [1.807, 2.05) is 0 Å². The lowest BCUT2D eigenvalue weighted by Gasteiger charge is -1.78. The van der Waals surface area contributed by atoms with Gasteiger partial charge in [0.1, 0.15) is 0 Å². The van der Waals surface area contributed by atoms with Crippen LogP contribution in [0.3, 0.4) is 0 Å². The molecule has 0 aromatic carbocycles. The summed E-state index contributed by atoms with van der Waals surface area (Å²) in [7, 11) is 0. The number of hydrogen-bond acceptors (Lipinski definition) is 0. The quantitative estimate of drug-likeness (QED) is 0.376. The van der Waals surface area contributed by atoms with Crippen LogP contribution in [-0.4, -0.2) is 23.1 Å². The molecule has 0 aliphatic carbocycles. The third kappa shape index (κ3) is 62.1. The predicted octanol–water partition coefficient (Wildman–Crippen LogP) is 0.560. The van der Waals surface area contributed by atoms with E-state index in [-0.39, 0.29) is 23.1 Å². The van der Waals surface area contributed by atoms with Crippen molar-refractivity contribution in [2.45, 2.75) is 13.8 Å². The first kappa shape index (κ1) is 9.23. The van der Waals surface area contributed by atoms with Gasteiger partial charge in [-0.25, -0.2) is 0 Å². The highest BCUT2D eigenvalue weighted by Gasteiger charge is 1.68. The summed E-state index contributed by atoms with van der Waals surface area (Å²) in [5, 5.41) is 0. The third-order valence-electron chi connectivity index (χ3n) is 0. The molecule has 0 aromatic rings. The zero-order chi connectivity index (χ0) is 3.58. The minimum atomic E-state index is 0. The van der Waals surface area contributed by atoms with Gasteiger partial charge in [0.2, 0.25) is 0 Å². The molecule has 0 nitrogen and oxygen atoms in total. The molecule has 0 aliphatic rings. The highest BCUT2D eigenvalue weighted by molar-refractivity contribution is 5.75. The first-order valence-electron chi connectivity index (χ1n) is 1.56. The van der Waals surface area contributed by atoms with E-state index in [1.54, 1.807) is 0 Å². The van der Waals surface area contributed by atoms with Gasteiger partial charge in [0.25, 0.3) is 0 Å². The van der Waals surface area contributed by atoms with Gasteiger partial charge in [0, 0.05) is 0 Å². The number of hydrogen-bond donors (Lipinski definition) is 0. The van der Waals surface area contributed by atoms with E-state index in [4.69, 9.17) is 0 Å². The molecule has 0 heterocycles. The molecule has 0 bridgehead atoms. The molecule has 0 amide bonds. The van der Waals surface area contributed by atoms with Gasteiger partial charge in [-0.3, -0.25) is 0 Å². The van der Waals surface area contributed by atoms with E-state index in [1.165, 1.54) is 0 Å². The predicted molar refractivity (Wildman–Crippen MR) is 28.7 cm³/mol. The Labute approximate surface area is 50.1 Å². The second kappa shape index (κ2) is 4.77. The molecule has 29 valence electrons. The first-order chi connectivity index (χ1) is 1.73. The van der Waals surface area contributed by atoms with E-state index in [0.717, 1.165) is 0 Å². The highest BCUT2D eigenvalue weighted by atomic mass is 24.3. The Bertz CT molecular complexity index is 8.36. The van der Waals surface area contributed by atoms with Crippen LogP contribution in [-0.2, 0) is 0 Å². The summed E-state index contributed by atoms with van der Waals surface area (Å²) in [6.07, 6.45) is 0. The van der Waals surface area contributed by atoms with Crippen LogP contribution in [0.5, 0.6) is 0 Å². The standard InChI is InChI=1S/C4H9.Mg.2H/c1-4(2)3;;;/h4H,1H2,2-3H3;;;. The lowest BCUT2D eigenvalue weighted by Crippen LogP contribution is -1.67. The van der Waals surface area contributed by atoms with E-state index < -0.39 is 0 Å². The second-order valence-electron chi connectivity index (χ2n) is 1.39. The van der Waals surface area contributed by atoms with Crippen LogP contribution >= 0.6 is 0 Å². The fourth-order valence-corrected chi connectivity index (χ4v) is 0. The van der Waals surface area contributed by atoms with Crippen molar-refractivity contribution in [2.75, 3.05) is 0 Å². The Balaban J connectivity index is 0. The van der Waals surface area contributed by atoms with Crippen LogP contribution in [0.15, 0.2) is 0 Å². The van der Waals surface area contributed by atoms with E-state index in [9.17, 15) is 0 Å². The SMILES string of the molecule is [CH2]C(C)C.[MgH2]. The molecule has 0 saturated carbocycles. The van der Waals surface area contributed by atoms with Crippen molar-refractivity contribution in [3.8, 4) is 0 Å². The first-order valence-corrected chi connectivity index (χ1v) is 1.56. The topological polar surface area (TPSA) is 0 Å². The molecule has 0 aromatic heterocycles. The summed E-state index contributed by atoms with van der Waals surface area (Å²) >= 11 is 0. The lowest BCUT2D eigenvalue weighted by atomic mass is 10.3. The fraction of sp³-hybridized carbons (Fsp3) is 0.750. The van der Waals surface area contributed by atoms with Crippen LogP contribution in [0.1, 0.15) is 13.8 Å². The molecule has 0 spiro atoms. The molecule has 1 radical (unpaired) electrons. The van der Waals surface area contributed by atoms with Gasteiger partial charge in [0.15, 0.2) is 0 Å². The highest BCUT2D eigenvalue weighted by Crippen LogP contribution is 1.80. The van der Waals surface area contributed by atoms with Crippen molar-refractivity contribution in [1.29, 1.82) is 0 Å². The van der Waals surface area contributed by atoms with Crippen LogP contribution in [0.2, 0.25) is 0 Å². The molecular formula is C4H11Mg. The Kier molecular flexibility index (Phi) is 8.80. The van der Waals surface area contributed by atoms with Gasteiger partial charge in [-0.2, -0.15) is 0 Å².